The maximum absolute atomic E-state index is 12.0. The molecule has 0 saturated heterocycles. The molecule has 2 atom stereocenters. The van der Waals surface area contributed by atoms with Crippen LogP contribution in [0, 0.1) is 5.92 Å². The van der Waals surface area contributed by atoms with E-state index < -0.39 is 0 Å². The van der Waals surface area contributed by atoms with Crippen LogP contribution in [-0.4, -0.2) is 12.1 Å². The first-order chi connectivity index (χ1) is 10.2. The first-order valence-electron chi connectivity index (χ1n) is 6.87. The second kappa shape index (κ2) is 6.10. The van der Waals surface area contributed by atoms with E-state index in [1.165, 1.54) is 5.56 Å². The van der Waals surface area contributed by atoms with Crippen molar-refractivity contribution in [2.45, 2.75) is 12.3 Å². The molecule has 1 amide bonds. The van der Waals surface area contributed by atoms with Gasteiger partial charge in [-0.25, -0.2) is 5.43 Å². The third-order valence-corrected chi connectivity index (χ3v) is 3.83. The summed E-state index contributed by atoms with van der Waals surface area (Å²) in [7, 11) is 0. The van der Waals surface area contributed by atoms with Crippen LogP contribution in [0.25, 0.3) is 0 Å². The van der Waals surface area contributed by atoms with Crippen molar-refractivity contribution in [2.24, 2.45) is 11.0 Å². The zero-order valence-electron chi connectivity index (χ0n) is 11.4. The van der Waals surface area contributed by atoms with Crippen LogP contribution in [0.3, 0.4) is 0 Å². The maximum atomic E-state index is 12.0. The molecule has 1 N–H and O–H groups in total. The zero-order chi connectivity index (χ0) is 14.7. The van der Waals surface area contributed by atoms with Crippen LogP contribution in [0.15, 0.2) is 59.7 Å². The fourth-order valence-electron chi connectivity index (χ4n) is 2.39. The molecule has 2 aromatic carbocycles. The molecule has 1 aliphatic rings. The molecule has 0 spiro atoms. The van der Waals surface area contributed by atoms with Crippen molar-refractivity contribution in [3.8, 4) is 0 Å². The van der Waals surface area contributed by atoms with Crippen molar-refractivity contribution < 1.29 is 4.79 Å². The SMILES string of the molecule is O=C(NN=Cc1cccc(Cl)c1)[C@H]1C[C@@H]1c1ccccc1. The molecular weight excluding hydrogens is 284 g/mol. The van der Waals surface area contributed by atoms with Crippen molar-refractivity contribution in [1.82, 2.24) is 5.43 Å². The topological polar surface area (TPSA) is 41.5 Å². The molecule has 0 aromatic heterocycles. The van der Waals surface area contributed by atoms with Crippen LogP contribution in [0.4, 0.5) is 0 Å². The molecule has 1 fully saturated rings. The highest BCUT2D eigenvalue weighted by Crippen LogP contribution is 2.47. The minimum atomic E-state index is -0.0258. The number of hydrogen-bond donors (Lipinski definition) is 1. The van der Waals surface area contributed by atoms with Gasteiger partial charge >= 0.3 is 0 Å². The van der Waals surface area contributed by atoms with Crippen LogP contribution in [0.1, 0.15) is 23.5 Å². The van der Waals surface area contributed by atoms with Gasteiger partial charge in [-0.3, -0.25) is 4.79 Å². The number of hydrazone groups is 1. The van der Waals surface area contributed by atoms with Gasteiger partial charge in [0.05, 0.1) is 6.21 Å². The van der Waals surface area contributed by atoms with E-state index in [2.05, 4.69) is 22.7 Å². The highest BCUT2D eigenvalue weighted by Gasteiger charge is 2.43. The van der Waals surface area contributed by atoms with E-state index in [4.69, 9.17) is 11.6 Å². The molecular formula is C17H15ClN2O. The highest BCUT2D eigenvalue weighted by atomic mass is 35.5. The van der Waals surface area contributed by atoms with E-state index in [0.29, 0.717) is 10.9 Å². The Labute approximate surface area is 128 Å². The summed E-state index contributed by atoms with van der Waals surface area (Å²) < 4.78 is 0. The standard InChI is InChI=1S/C17H15ClN2O/c18-14-8-4-5-12(9-14)11-19-20-17(21)16-10-15(16)13-6-2-1-3-7-13/h1-9,11,15-16H,10H2,(H,20,21)/t15-,16+/m1/s1. The van der Waals surface area contributed by atoms with Crippen LogP contribution in [0.2, 0.25) is 5.02 Å². The lowest BCUT2D eigenvalue weighted by molar-refractivity contribution is -0.122. The van der Waals surface area contributed by atoms with Crippen LogP contribution >= 0.6 is 11.6 Å². The summed E-state index contributed by atoms with van der Waals surface area (Å²) in [6.45, 7) is 0. The van der Waals surface area contributed by atoms with Crippen LogP contribution < -0.4 is 5.43 Å². The van der Waals surface area contributed by atoms with Gasteiger partial charge in [0.15, 0.2) is 0 Å². The first-order valence-corrected chi connectivity index (χ1v) is 7.25. The third kappa shape index (κ3) is 3.50. The fraction of sp³-hybridized carbons (Fsp3) is 0.176. The van der Waals surface area contributed by atoms with E-state index in [9.17, 15) is 4.79 Å². The van der Waals surface area contributed by atoms with Gasteiger partial charge in [0, 0.05) is 10.9 Å². The molecule has 1 saturated carbocycles. The minimum absolute atomic E-state index is 0.0258. The van der Waals surface area contributed by atoms with Gasteiger partial charge in [-0.05, 0) is 35.6 Å². The number of hydrogen-bond acceptors (Lipinski definition) is 2. The number of rotatable bonds is 4. The number of benzene rings is 2. The number of carbonyl (C=O) groups is 1. The highest BCUT2D eigenvalue weighted by molar-refractivity contribution is 6.30. The zero-order valence-corrected chi connectivity index (χ0v) is 12.1. The lowest BCUT2D eigenvalue weighted by Crippen LogP contribution is -2.20. The normalized spacial score (nSPS) is 20.4. The Kier molecular flexibility index (Phi) is 4.02. The molecule has 0 unspecified atom stereocenters. The van der Waals surface area contributed by atoms with E-state index in [0.717, 1.165) is 12.0 Å². The van der Waals surface area contributed by atoms with Gasteiger partial charge in [-0.2, -0.15) is 5.10 Å². The summed E-state index contributed by atoms with van der Waals surface area (Å²) in [5.74, 6) is 0.332. The Morgan fingerprint density at radius 1 is 1.19 bits per heavy atom. The molecule has 21 heavy (non-hydrogen) atoms. The molecule has 106 valence electrons. The minimum Gasteiger partial charge on any atom is -0.273 e. The maximum Gasteiger partial charge on any atom is 0.243 e. The summed E-state index contributed by atoms with van der Waals surface area (Å²) >= 11 is 5.88. The number of carbonyl (C=O) groups excluding carboxylic acids is 1. The number of amides is 1. The second-order valence-electron chi connectivity index (χ2n) is 5.15. The van der Waals surface area contributed by atoms with Gasteiger partial charge in [0.1, 0.15) is 0 Å². The van der Waals surface area contributed by atoms with Crippen molar-refractivity contribution >= 4 is 23.7 Å². The van der Waals surface area contributed by atoms with E-state index >= 15 is 0 Å². The summed E-state index contributed by atoms with van der Waals surface area (Å²) in [5, 5.41) is 4.64. The molecule has 0 aliphatic heterocycles. The average Bonchev–Trinajstić information content (AvgIpc) is 3.29. The number of halogens is 1. The Bertz CT molecular complexity index is 670. The molecule has 2 aromatic rings. The first kappa shape index (κ1) is 13.8. The molecule has 3 nitrogen and oxygen atoms in total. The van der Waals surface area contributed by atoms with Gasteiger partial charge in [0.25, 0.3) is 0 Å². The average molecular weight is 299 g/mol. The van der Waals surface area contributed by atoms with Gasteiger partial charge < -0.3 is 0 Å². The summed E-state index contributed by atoms with van der Waals surface area (Å²) in [5.41, 5.74) is 4.68. The van der Waals surface area contributed by atoms with Crippen LogP contribution in [-0.2, 0) is 4.79 Å². The Hall–Kier alpha value is -2.13. The van der Waals surface area contributed by atoms with Crippen LogP contribution in [0.5, 0.6) is 0 Å². The van der Waals surface area contributed by atoms with E-state index in [1.54, 1.807) is 18.3 Å². The Morgan fingerprint density at radius 3 is 2.76 bits per heavy atom. The van der Waals surface area contributed by atoms with Gasteiger partial charge in [0.2, 0.25) is 5.91 Å². The monoisotopic (exact) mass is 298 g/mol. The predicted molar refractivity (Wildman–Crippen MR) is 84.5 cm³/mol. The number of nitrogens with zero attached hydrogens (tertiary/aromatic N) is 1. The van der Waals surface area contributed by atoms with E-state index in [1.807, 2.05) is 30.3 Å². The molecule has 1 aliphatic carbocycles. The molecule has 0 bridgehead atoms. The van der Waals surface area contributed by atoms with Crippen molar-refractivity contribution in [3.05, 3.63) is 70.7 Å². The Morgan fingerprint density at radius 2 is 2.00 bits per heavy atom. The van der Waals surface area contributed by atoms with Crippen molar-refractivity contribution in [3.63, 3.8) is 0 Å². The molecule has 0 radical (unpaired) electrons. The van der Waals surface area contributed by atoms with E-state index in [-0.39, 0.29) is 11.8 Å². The summed E-state index contributed by atoms with van der Waals surface area (Å²) in [6.07, 6.45) is 2.49. The fourth-order valence-corrected chi connectivity index (χ4v) is 2.59. The lowest BCUT2D eigenvalue weighted by Gasteiger charge is -2.00. The lowest BCUT2D eigenvalue weighted by atomic mass is 10.1. The second-order valence-corrected chi connectivity index (χ2v) is 5.59. The molecule has 3 rings (SSSR count). The smallest absolute Gasteiger partial charge is 0.243 e. The van der Waals surface area contributed by atoms with Gasteiger partial charge in [-0.15, -0.1) is 0 Å². The Balaban J connectivity index is 1.54. The third-order valence-electron chi connectivity index (χ3n) is 3.59. The van der Waals surface area contributed by atoms with Crippen molar-refractivity contribution in [1.29, 1.82) is 0 Å². The predicted octanol–water partition coefficient (Wildman–Crippen LogP) is 3.59. The summed E-state index contributed by atoms with van der Waals surface area (Å²) in [4.78, 5) is 12.0. The largest absolute Gasteiger partial charge is 0.273 e. The quantitative estimate of drug-likeness (QED) is 0.680. The van der Waals surface area contributed by atoms with Gasteiger partial charge in [-0.1, -0.05) is 54.1 Å². The summed E-state index contributed by atoms with van der Waals surface area (Å²) in [6, 6.07) is 17.4. The molecule has 4 heteroatoms. The number of nitrogens with one attached hydrogen (secondary N) is 1. The molecule has 0 heterocycles. The van der Waals surface area contributed by atoms with Crippen molar-refractivity contribution in [2.75, 3.05) is 0 Å².